The number of hydrogen-bond donors (Lipinski definition) is 0. The Hall–Kier alpha value is -1.38. The van der Waals surface area contributed by atoms with Gasteiger partial charge in [-0.3, -0.25) is 9.59 Å². The van der Waals surface area contributed by atoms with Gasteiger partial charge >= 0.3 is 5.97 Å². The van der Waals surface area contributed by atoms with Crippen molar-refractivity contribution in [2.75, 3.05) is 7.11 Å². The fourth-order valence-electron chi connectivity index (χ4n) is 2.53. The van der Waals surface area contributed by atoms with E-state index in [0.717, 1.165) is 38.5 Å². The van der Waals surface area contributed by atoms with Gasteiger partial charge in [-0.15, -0.1) is 0 Å². The number of rotatable bonds is 14. The minimum atomic E-state index is -0.406. The molecule has 0 atom stereocenters. The molecule has 138 valence electrons. The zero-order valence-electron chi connectivity index (χ0n) is 16.1. The molecule has 0 amide bonds. The summed E-state index contributed by atoms with van der Waals surface area (Å²) in [4.78, 5) is 23.3. The first-order valence-electron chi connectivity index (χ1n) is 9.38. The van der Waals surface area contributed by atoms with Crippen LogP contribution in [0.2, 0.25) is 0 Å². The number of ketones is 1. The van der Waals surface area contributed by atoms with E-state index in [1.165, 1.54) is 26.4 Å². The Kier molecular flexibility index (Phi) is 13.2. The molecule has 0 saturated carbocycles. The van der Waals surface area contributed by atoms with Crippen LogP contribution in [0.4, 0.5) is 0 Å². The lowest BCUT2D eigenvalue weighted by molar-refractivity contribution is -0.151. The molecule has 3 nitrogen and oxygen atoms in total. The van der Waals surface area contributed by atoms with E-state index in [1.54, 1.807) is 6.08 Å². The van der Waals surface area contributed by atoms with Crippen molar-refractivity contribution >= 4 is 11.8 Å². The molecule has 0 bridgehead atoms. The third-order valence-corrected chi connectivity index (χ3v) is 4.22. The Morgan fingerprint density at radius 2 is 1.67 bits per heavy atom. The molecule has 0 spiro atoms. The number of carbonyl (C=O) groups excluding carboxylic acids is 2. The molecule has 0 saturated heterocycles. The van der Waals surface area contributed by atoms with Crippen LogP contribution in [0.3, 0.4) is 0 Å². The Balaban J connectivity index is 3.67. The fourth-order valence-corrected chi connectivity index (χ4v) is 2.53. The van der Waals surface area contributed by atoms with Gasteiger partial charge in [0.15, 0.2) is 5.78 Å². The number of ether oxygens (including phenoxy) is 1. The maximum atomic E-state index is 11.7. The second-order valence-electron chi connectivity index (χ2n) is 7.04. The summed E-state index contributed by atoms with van der Waals surface area (Å²) in [5.74, 6) is 0.0497. The normalized spacial score (nSPS) is 12.2. The van der Waals surface area contributed by atoms with Crippen molar-refractivity contribution in [3.8, 4) is 0 Å². The molecule has 0 aromatic carbocycles. The molecule has 0 radical (unpaired) electrons. The van der Waals surface area contributed by atoms with Gasteiger partial charge in [-0.05, 0) is 45.6 Å². The van der Waals surface area contributed by atoms with E-state index in [2.05, 4.69) is 13.0 Å². The molecule has 0 aliphatic rings. The second kappa shape index (κ2) is 14.0. The zero-order valence-corrected chi connectivity index (χ0v) is 16.1. The summed E-state index contributed by atoms with van der Waals surface area (Å²) in [6.45, 7) is 6.04. The van der Waals surface area contributed by atoms with Crippen LogP contribution in [0.15, 0.2) is 24.3 Å². The van der Waals surface area contributed by atoms with Gasteiger partial charge in [0.05, 0.1) is 12.5 Å². The minimum Gasteiger partial charge on any atom is -0.469 e. The number of methoxy groups -OCH3 is 1. The van der Waals surface area contributed by atoms with Crippen molar-refractivity contribution in [3.63, 3.8) is 0 Å². The van der Waals surface area contributed by atoms with Crippen molar-refractivity contribution in [1.29, 1.82) is 0 Å². The SMILES string of the molecule is CCCCC/C=C/C=C/C(=O)CCCCCCC(C)(C)C(=O)OC. The molecule has 24 heavy (non-hydrogen) atoms. The van der Waals surface area contributed by atoms with Crippen molar-refractivity contribution in [2.24, 2.45) is 5.41 Å². The monoisotopic (exact) mass is 336 g/mol. The molecule has 0 aromatic heterocycles. The third-order valence-electron chi connectivity index (χ3n) is 4.22. The number of esters is 1. The van der Waals surface area contributed by atoms with E-state index in [9.17, 15) is 9.59 Å². The van der Waals surface area contributed by atoms with Crippen LogP contribution in [0.5, 0.6) is 0 Å². The average molecular weight is 337 g/mol. The van der Waals surface area contributed by atoms with Crippen LogP contribution in [0, 0.1) is 5.41 Å². The predicted octanol–water partition coefficient (Wildman–Crippen LogP) is 5.79. The number of unbranched alkanes of at least 4 members (excludes halogenated alkanes) is 6. The van der Waals surface area contributed by atoms with Crippen molar-refractivity contribution < 1.29 is 14.3 Å². The van der Waals surface area contributed by atoms with E-state index < -0.39 is 5.41 Å². The van der Waals surface area contributed by atoms with Gasteiger partial charge in [-0.1, -0.05) is 57.3 Å². The largest absolute Gasteiger partial charge is 0.469 e. The molecule has 0 rings (SSSR count). The molecular formula is C21H36O3. The van der Waals surface area contributed by atoms with E-state index in [-0.39, 0.29) is 11.8 Å². The van der Waals surface area contributed by atoms with Crippen molar-refractivity contribution in [1.82, 2.24) is 0 Å². The molecule has 0 aliphatic heterocycles. The minimum absolute atomic E-state index is 0.148. The van der Waals surface area contributed by atoms with Crippen molar-refractivity contribution in [2.45, 2.75) is 85.0 Å². The van der Waals surface area contributed by atoms with E-state index >= 15 is 0 Å². The maximum absolute atomic E-state index is 11.7. The number of hydrogen-bond acceptors (Lipinski definition) is 3. The molecule has 0 fully saturated rings. The fraction of sp³-hybridized carbons (Fsp3) is 0.714. The summed E-state index contributed by atoms with van der Waals surface area (Å²) in [6, 6.07) is 0. The lowest BCUT2D eigenvalue weighted by atomic mass is 9.87. The quantitative estimate of drug-likeness (QED) is 0.174. The van der Waals surface area contributed by atoms with Gasteiger partial charge in [0.25, 0.3) is 0 Å². The van der Waals surface area contributed by atoms with Gasteiger partial charge in [-0.25, -0.2) is 0 Å². The van der Waals surface area contributed by atoms with Gasteiger partial charge in [-0.2, -0.15) is 0 Å². The van der Waals surface area contributed by atoms with Gasteiger partial charge in [0, 0.05) is 6.42 Å². The first-order valence-corrected chi connectivity index (χ1v) is 9.38. The summed E-state index contributed by atoms with van der Waals surface area (Å²) in [7, 11) is 1.43. The van der Waals surface area contributed by atoms with E-state index in [1.807, 2.05) is 26.0 Å². The van der Waals surface area contributed by atoms with E-state index in [0.29, 0.717) is 6.42 Å². The highest BCUT2D eigenvalue weighted by molar-refractivity contribution is 5.89. The summed E-state index contributed by atoms with van der Waals surface area (Å²) in [5.41, 5.74) is -0.406. The summed E-state index contributed by atoms with van der Waals surface area (Å²) in [5, 5.41) is 0. The number of allylic oxidation sites excluding steroid dienone is 4. The molecule has 0 aliphatic carbocycles. The maximum Gasteiger partial charge on any atom is 0.311 e. The molecule has 3 heteroatoms. The van der Waals surface area contributed by atoms with Crippen LogP contribution < -0.4 is 0 Å². The average Bonchev–Trinajstić information content (AvgIpc) is 2.56. The Bertz CT molecular complexity index is 405. The molecule has 0 unspecified atom stereocenters. The van der Waals surface area contributed by atoms with Crippen LogP contribution in [-0.2, 0) is 14.3 Å². The first-order chi connectivity index (χ1) is 11.4. The van der Waals surface area contributed by atoms with Crippen LogP contribution in [0.1, 0.15) is 85.0 Å². The third kappa shape index (κ3) is 12.1. The van der Waals surface area contributed by atoms with Crippen LogP contribution >= 0.6 is 0 Å². The summed E-state index contributed by atoms with van der Waals surface area (Å²) >= 11 is 0. The van der Waals surface area contributed by atoms with Gasteiger partial charge in [0.1, 0.15) is 0 Å². The van der Waals surface area contributed by atoms with E-state index in [4.69, 9.17) is 4.74 Å². The topological polar surface area (TPSA) is 43.4 Å². The molecular weight excluding hydrogens is 300 g/mol. The second-order valence-corrected chi connectivity index (χ2v) is 7.04. The predicted molar refractivity (Wildman–Crippen MR) is 101 cm³/mol. The lowest BCUT2D eigenvalue weighted by Gasteiger charge is -2.20. The zero-order chi connectivity index (χ0) is 18.3. The highest BCUT2D eigenvalue weighted by Crippen LogP contribution is 2.25. The Labute approximate surface area is 148 Å². The Morgan fingerprint density at radius 1 is 0.958 bits per heavy atom. The number of carbonyl (C=O) groups is 2. The van der Waals surface area contributed by atoms with Gasteiger partial charge < -0.3 is 4.74 Å². The summed E-state index contributed by atoms with van der Waals surface area (Å²) < 4.78 is 4.80. The lowest BCUT2D eigenvalue weighted by Crippen LogP contribution is -2.25. The Morgan fingerprint density at radius 3 is 2.33 bits per heavy atom. The highest BCUT2D eigenvalue weighted by atomic mass is 16.5. The highest BCUT2D eigenvalue weighted by Gasteiger charge is 2.27. The summed E-state index contributed by atoms with van der Waals surface area (Å²) in [6.07, 6.45) is 17.9. The molecule has 0 aromatic rings. The molecule has 0 N–H and O–H groups in total. The molecule has 0 heterocycles. The first kappa shape index (κ1) is 22.6. The van der Waals surface area contributed by atoms with Crippen molar-refractivity contribution in [3.05, 3.63) is 24.3 Å². The van der Waals surface area contributed by atoms with Crippen LogP contribution in [-0.4, -0.2) is 18.9 Å². The van der Waals surface area contributed by atoms with Crippen LogP contribution in [0.25, 0.3) is 0 Å². The standard InChI is InChI=1S/C21H36O3/c1-5-6-7-8-9-10-13-16-19(22)17-14-11-12-15-18-21(2,3)20(23)24-4/h9-10,13,16H,5-8,11-12,14-15,17-18H2,1-4H3/b10-9+,16-13+. The smallest absolute Gasteiger partial charge is 0.311 e. The van der Waals surface area contributed by atoms with Gasteiger partial charge in [0.2, 0.25) is 0 Å².